The van der Waals surface area contributed by atoms with Gasteiger partial charge in [0.25, 0.3) is 0 Å². The van der Waals surface area contributed by atoms with Gasteiger partial charge in [0.1, 0.15) is 5.82 Å². The molecule has 1 fully saturated rings. The van der Waals surface area contributed by atoms with Crippen LogP contribution in [-0.2, 0) is 6.18 Å². The molecule has 1 atom stereocenters. The molecule has 0 saturated carbocycles. The van der Waals surface area contributed by atoms with E-state index < -0.39 is 17.8 Å². The number of anilines is 1. The molecule has 1 saturated heterocycles. The molecule has 1 aromatic heterocycles. The highest BCUT2D eigenvalue weighted by Crippen LogP contribution is 2.30. The number of likely N-dealkylation sites (tertiary alicyclic amines) is 1. The monoisotopic (exact) mass is 275 g/mol. The van der Waals surface area contributed by atoms with Crippen LogP contribution in [0.15, 0.2) is 18.3 Å². The molecule has 0 bridgehead atoms. The second-order valence-electron chi connectivity index (χ2n) is 4.29. The highest BCUT2D eigenvalue weighted by Gasteiger charge is 2.31. The first-order valence-corrected chi connectivity index (χ1v) is 5.64. The predicted molar refractivity (Wildman–Crippen MR) is 60.9 cm³/mol. The van der Waals surface area contributed by atoms with Crippen LogP contribution in [0.25, 0.3) is 0 Å². The first kappa shape index (κ1) is 13.4. The molecule has 0 aliphatic carbocycles. The quantitative estimate of drug-likeness (QED) is 0.869. The maximum Gasteiger partial charge on any atom is 0.416 e. The van der Waals surface area contributed by atoms with Gasteiger partial charge in [-0.2, -0.15) is 13.2 Å². The average Bonchev–Trinajstić information content (AvgIpc) is 2.77. The van der Waals surface area contributed by atoms with Crippen molar-refractivity contribution in [3.63, 3.8) is 0 Å². The van der Waals surface area contributed by atoms with E-state index in [0.717, 1.165) is 18.3 Å². The van der Waals surface area contributed by atoms with Gasteiger partial charge in [0, 0.05) is 25.3 Å². The standard InChI is InChI=1S/C11H12F3N3O2/c12-11(13,14)7-1-3-15-9(5-7)16-8-2-4-17(6-8)10(18)19/h1,3,5,8H,2,4,6H2,(H,15,16)(H,18,19). The number of carbonyl (C=O) groups is 1. The second-order valence-corrected chi connectivity index (χ2v) is 4.29. The van der Waals surface area contributed by atoms with Gasteiger partial charge in [0.2, 0.25) is 0 Å². The molecule has 2 heterocycles. The fourth-order valence-electron chi connectivity index (χ4n) is 1.95. The number of carboxylic acid groups (broad SMARTS) is 1. The Morgan fingerprint density at radius 1 is 1.53 bits per heavy atom. The molecule has 2 N–H and O–H groups in total. The van der Waals surface area contributed by atoms with Gasteiger partial charge in [0.05, 0.1) is 5.56 Å². The minimum Gasteiger partial charge on any atom is -0.465 e. The van der Waals surface area contributed by atoms with Crippen LogP contribution in [0.4, 0.5) is 23.8 Å². The molecule has 104 valence electrons. The molecule has 1 aliphatic heterocycles. The second kappa shape index (κ2) is 4.94. The van der Waals surface area contributed by atoms with E-state index >= 15 is 0 Å². The molecule has 19 heavy (non-hydrogen) atoms. The number of alkyl halides is 3. The molecule has 5 nitrogen and oxygen atoms in total. The third-order valence-corrected chi connectivity index (χ3v) is 2.90. The van der Waals surface area contributed by atoms with Crippen molar-refractivity contribution >= 4 is 11.9 Å². The SMILES string of the molecule is O=C(O)N1CCC(Nc2cc(C(F)(F)F)ccn2)C1. The number of hydrogen-bond donors (Lipinski definition) is 2. The van der Waals surface area contributed by atoms with E-state index in [2.05, 4.69) is 10.3 Å². The van der Waals surface area contributed by atoms with E-state index in [4.69, 9.17) is 5.11 Å². The van der Waals surface area contributed by atoms with Crippen molar-refractivity contribution < 1.29 is 23.1 Å². The van der Waals surface area contributed by atoms with Crippen LogP contribution < -0.4 is 5.32 Å². The number of halogens is 3. The van der Waals surface area contributed by atoms with Gasteiger partial charge in [-0.05, 0) is 18.6 Å². The van der Waals surface area contributed by atoms with Crippen LogP contribution in [0.1, 0.15) is 12.0 Å². The van der Waals surface area contributed by atoms with Gasteiger partial charge >= 0.3 is 12.3 Å². The Balaban J connectivity index is 2.03. The summed E-state index contributed by atoms with van der Waals surface area (Å²) in [4.78, 5) is 15.7. The Bertz CT molecular complexity index is 478. The van der Waals surface area contributed by atoms with Crippen molar-refractivity contribution in [3.05, 3.63) is 23.9 Å². The number of nitrogens with one attached hydrogen (secondary N) is 1. The zero-order valence-electron chi connectivity index (χ0n) is 9.81. The van der Waals surface area contributed by atoms with Gasteiger partial charge in [-0.15, -0.1) is 0 Å². The van der Waals surface area contributed by atoms with Crippen molar-refractivity contribution in [3.8, 4) is 0 Å². The summed E-state index contributed by atoms with van der Waals surface area (Å²) in [6.45, 7) is 0.610. The average molecular weight is 275 g/mol. The van der Waals surface area contributed by atoms with Crippen LogP contribution in [0.2, 0.25) is 0 Å². The van der Waals surface area contributed by atoms with Gasteiger partial charge in [-0.3, -0.25) is 0 Å². The molecule has 0 aromatic carbocycles. The molecule has 1 amide bonds. The van der Waals surface area contributed by atoms with Crippen LogP contribution >= 0.6 is 0 Å². The zero-order valence-corrected chi connectivity index (χ0v) is 9.81. The fraction of sp³-hybridized carbons (Fsp3) is 0.455. The Labute approximate surface area is 107 Å². The van der Waals surface area contributed by atoms with Crippen molar-refractivity contribution in [1.82, 2.24) is 9.88 Å². The lowest BCUT2D eigenvalue weighted by Gasteiger charge is -2.15. The van der Waals surface area contributed by atoms with Crippen molar-refractivity contribution in [2.45, 2.75) is 18.6 Å². The van der Waals surface area contributed by atoms with Crippen LogP contribution in [-0.4, -0.2) is 40.2 Å². The third-order valence-electron chi connectivity index (χ3n) is 2.90. The summed E-state index contributed by atoms with van der Waals surface area (Å²) in [6.07, 6.45) is -3.82. The van der Waals surface area contributed by atoms with Crippen LogP contribution in [0.5, 0.6) is 0 Å². The molecule has 1 aromatic rings. The predicted octanol–water partition coefficient (Wildman–Crippen LogP) is 2.26. The normalized spacial score (nSPS) is 19.5. The summed E-state index contributed by atoms with van der Waals surface area (Å²) in [5.74, 6) is 0.104. The number of amides is 1. The molecule has 8 heteroatoms. The lowest BCUT2D eigenvalue weighted by molar-refractivity contribution is -0.137. The molecular formula is C11H12F3N3O2. The summed E-state index contributed by atoms with van der Waals surface area (Å²) in [6, 6.07) is 1.60. The highest BCUT2D eigenvalue weighted by molar-refractivity contribution is 5.65. The molecular weight excluding hydrogens is 263 g/mol. The van der Waals surface area contributed by atoms with Crippen molar-refractivity contribution in [2.75, 3.05) is 18.4 Å². The Hall–Kier alpha value is -1.99. The van der Waals surface area contributed by atoms with Gasteiger partial charge < -0.3 is 15.3 Å². The van der Waals surface area contributed by atoms with Crippen LogP contribution in [0, 0.1) is 0 Å². The number of aromatic nitrogens is 1. The Morgan fingerprint density at radius 3 is 2.84 bits per heavy atom. The van der Waals surface area contributed by atoms with Crippen molar-refractivity contribution in [1.29, 1.82) is 0 Å². The van der Waals surface area contributed by atoms with Crippen molar-refractivity contribution in [2.24, 2.45) is 0 Å². The molecule has 1 aliphatic rings. The summed E-state index contributed by atoms with van der Waals surface area (Å²) < 4.78 is 37.5. The summed E-state index contributed by atoms with van der Waals surface area (Å²) >= 11 is 0. The summed E-state index contributed by atoms with van der Waals surface area (Å²) in [5.41, 5.74) is -0.780. The smallest absolute Gasteiger partial charge is 0.416 e. The number of hydrogen-bond acceptors (Lipinski definition) is 3. The largest absolute Gasteiger partial charge is 0.465 e. The first-order chi connectivity index (χ1) is 8.86. The Kier molecular flexibility index (Phi) is 3.50. The molecule has 0 radical (unpaired) electrons. The van der Waals surface area contributed by atoms with E-state index in [0.29, 0.717) is 13.0 Å². The Morgan fingerprint density at radius 2 is 2.26 bits per heavy atom. The van der Waals surface area contributed by atoms with Crippen LogP contribution in [0.3, 0.4) is 0 Å². The maximum absolute atomic E-state index is 12.5. The first-order valence-electron chi connectivity index (χ1n) is 5.64. The minimum absolute atomic E-state index is 0.104. The zero-order chi connectivity index (χ0) is 14.0. The van der Waals surface area contributed by atoms with Gasteiger partial charge in [0.15, 0.2) is 0 Å². The topological polar surface area (TPSA) is 65.5 Å². The van der Waals surface area contributed by atoms with E-state index in [9.17, 15) is 18.0 Å². The fourth-order valence-corrected chi connectivity index (χ4v) is 1.95. The lowest BCUT2D eigenvalue weighted by atomic mass is 10.2. The summed E-state index contributed by atoms with van der Waals surface area (Å²) in [5, 5.41) is 11.6. The minimum atomic E-state index is -4.41. The highest BCUT2D eigenvalue weighted by atomic mass is 19.4. The van der Waals surface area contributed by atoms with E-state index in [1.54, 1.807) is 0 Å². The number of nitrogens with zero attached hydrogens (tertiary/aromatic N) is 2. The number of pyridine rings is 1. The van der Waals surface area contributed by atoms with E-state index in [1.165, 1.54) is 4.90 Å². The lowest BCUT2D eigenvalue weighted by Crippen LogP contribution is -2.30. The molecule has 1 unspecified atom stereocenters. The van der Waals surface area contributed by atoms with Gasteiger partial charge in [-0.1, -0.05) is 0 Å². The summed E-state index contributed by atoms with van der Waals surface area (Å²) in [7, 11) is 0. The maximum atomic E-state index is 12.5. The van der Waals surface area contributed by atoms with E-state index in [1.807, 2.05) is 0 Å². The van der Waals surface area contributed by atoms with E-state index in [-0.39, 0.29) is 18.4 Å². The number of rotatable bonds is 2. The van der Waals surface area contributed by atoms with Gasteiger partial charge in [-0.25, -0.2) is 9.78 Å². The molecule has 0 spiro atoms. The third kappa shape index (κ3) is 3.27. The molecule has 2 rings (SSSR count).